The number of carbonyl (C=O) groups is 2. The molecule has 3 heterocycles. The van der Waals surface area contributed by atoms with Crippen LogP contribution >= 0.6 is 22.7 Å². The Balaban J connectivity index is 1.27. The molecule has 4 aromatic rings. The van der Waals surface area contributed by atoms with Crippen molar-refractivity contribution in [3.05, 3.63) is 69.7 Å². The van der Waals surface area contributed by atoms with Crippen molar-refractivity contribution in [2.45, 2.75) is 38.5 Å². The minimum atomic E-state index is -0.159. The van der Waals surface area contributed by atoms with Gasteiger partial charge in [-0.25, -0.2) is 0 Å². The molecule has 12 heteroatoms. The zero-order chi connectivity index (χ0) is 26.2. The molecule has 8 bridgehead atoms. The van der Waals surface area contributed by atoms with E-state index in [1.807, 2.05) is 48.5 Å². The molecule has 0 spiro atoms. The van der Waals surface area contributed by atoms with Gasteiger partial charge in [0.1, 0.15) is 34.7 Å². The Morgan fingerprint density at radius 2 is 1.13 bits per heavy atom. The molecule has 0 unspecified atom stereocenters. The minimum Gasteiger partial charge on any atom is -0.490 e. The number of hydrogen-bond donors (Lipinski definition) is 2. The van der Waals surface area contributed by atoms with E-state index in [-0.39, 0.29) is 24.7 Å². The van der Waals surface area contributed by atoms with E-state index in [9.17, 15) is 9.59 Å². The summed E-state index contributed by atoms with van der Waals surface area (Å²) in [5.41, 5.74) is 1.66. The fourth-order valence-corrected chi connectivity index (χ4v) is 5.47. The van der Waals surface area contributed by atoms with E-state index >= 15 is 0 Å². The normalized spacial score (nSPS) is 15.5. The molecule has 2 aromatic carbocycles. The van der Waals surface area contributed by atoms with Crippen LogP contribution in [0.25, 0.3) is 0 Å². The molecule has 0 fully saturated rings. The highest BCUT2D eigenvalue weighted by molar-refractivity contribution is 7.15. The Bertz CT molecular complexity index is 1300. The van der Waals surface area contributed by atoms with Crippen molar-refractivity contribution >= 4 is 44.8 Å². The second-order valence-corrected chi connectivity index (χ2v) is 10.8. The van der Waals surface area contributed by atoms with Crippen LogP contribution in [0.4, 0.5) is 10.3 Å². The highest BCUT2D eigenvalue weighted by Crippen LogP contribution is 2.22. The zero-order valence-corrected chi connectivity index (χ0v) is 22.1. The Kier molecular flexibility index (Phi) is 8.51. The zero-order valence-electron chi connectivity index (χ0n) is 20.5. The summed E-state index contributed by atoms with van der Waals surface area (Å²) in [7, 11) is 0. The maximum Gasteiger partial charge on any atom is 0.230 e. The molecule has 2 aromatic heterocycles. The third-order valence-electron chi connectivity index (χ3n) is 5.60. The fourth-order valence-electron chi connectivity index (χ4n) is 3.87. The smallest absolute Gasteiger partial charge is 0.230 e. The molecule has 0 aliphatic carbocycles. The average molecular weight is 551 g/mol. The van der Waals surface area contributed by atoms with Gasteiger partial charge in [-0.3, -0.25) is 9.59 Å². The molecule has 2 N–H and O–H groups in total. The Morgan fingerprint density at radius 1 is 0.658 bits per heavy atom. The van der Waals surface area contributed by atoms with Gasteiger partial charge in [-0.1, -0.05) is 46.9 Å². The van der Waals surface area contributed by atoms with Crippen molar-refractivity contribution in [1.82, 2.24) is 20.4 Å². The number of fused-ring (bicyclic) bond motifs is 8. The largest absolute Gasteiger partial charge is 0.490 e. The van der Waals surface area contributed by atoms with Gasteiger partial charge >= 0.3 is 0 Å². The van der Waals surface area contributed by atoms with Crippen LogP contribution in [-0.2, 0) is 35.3 Å². The molecule has 196 valence electrons. The lowest BCUT2D eigenvalue weighted by molar-refractivity contribution is -0.116. The fraction of sp³-hybridized carbons (Fsp3) is 0.308. The summed E-state index contributed by atoms with van der Waals surface area (Å²) in [4.78, 5) is 25.1. The molecule has 38 heavy (non-hydrogen) atoms. The summed E-state index contributed by atoms with van der Waals surface area (Å²) in [5, 5.41) is 25.0. The molecule has 5 rings (SSSR count). The highest BCUT2D eigenvalue weighted by atomic mass is 32.1. The maximum atomic E-state index is 12.5. The third-order valence-corrected chi connectivity index (χ3v) is 7.40. The number of nitrogens with zero attached hydrogens (tertiary/aromatic N) is 4. The SMILES string of the molecule is O=C1Cc2cccc(c2)OCCOc2cccc(c2)CC(=O)Nc2nnc(s2)CCCCc2nnc(s2)N1. The molecule has 0 saturated heterocycles. The topological polar surface area (TPSA) is 128 Å². The van der Waals surface area contributed by atoms with Gasteiger partial charge in [0.05, 0.1) is 12.8 Å². The molecule has 1 aliphatic heterocycles. The van der Waals surface area contributed by atoms with Gasteiger partial charge in [0, 0.05) is 12.8 Å². The van der Waals surface area contributed by atoms with Gasteiger partial charge in [-0.2, -0.15) is 0 Å². The van der Waals surface area contributed by atoms with Gasteiger partial charge in [0.25, 0.3) is 0 Å². The second-order valence-electron chi connectivity index (χ2n) is 8.65. The van der Waals surface area contributed by atoms with E-state index in [0.29, 0.717) is 35.0 Å². The quantitative estimate of drug-likeness (QED) is 0.335. The average Bonchev–Trinajstić information content (AvgIpc) is 3.53. The standard InChI is InChI=1S/C26H26N6O4S2/c33-21-15-17-5-3-7-19(13-17)35-11-12-36-20-8-4-6-18(14-20)16-22(34)28-26-32-30-24(38-26)10-2-1-9-23-29-31-25(27-21)37-23/h3-8,13-14H,1-2,9-12,15-16H2,(H,27,31,33)(H,28,32,34). The number of hydrogen-bond acceptors (Lipinski definition) is 10. The van der Waals surface area contributed by atoms with Crippen LogP contribution in [0.3, 0.4) is 0 Å². The van der Waals surface area contributed by atoms with E-state index in [1.54, 1.807) is 0 Å². The van der Waals surface area contributed by atoms with E-state index < -0.39 is 0 Å². The van der Waals surface area contributed by atoms with Crippen LogP contribution in [0.5, 0.6) is 11.5 Å². The van der Waals surface area contributed by atoms with Gasteiger partial charge in [-0.05, 0) is 48.2 Å². The highest BCUT2D eigenvalue weighted by Gasteiger charge is 2.12. The lowest BCUT2D eigenvalue weighted by atomic mass is 10.1. The van der Waals surface area contributed by atoms with Crippen LogP contribution in [0.15, 0.2) is 48.5 Å². The van der Waals surface area contributed by atoms with Crippen LogP contribution in [-0.4, -0.2) is 45.4 Å². The van der Waals surface area contributed by atoms with Crippen molar-refractivity contribution in [2.24, 2.45) is 0 Å². The lowest BCUT2D eigenvalue weighted by Gasteiger charge is -2.10. The summed E-state index contributed by atoms with van der Waals surface area (Å²) < 4.78 is 11.6. The predicted octanol–water partition coefficient (Wildman–Crippen LogP) is 4.09. The number of aromatic nitrogens is 4. The van der Waals surface area contributed by atoms with Crippen molar-refractivity contribution < 1.29 is 19.1 Å². The van der Waals surface area contributed by atoms with Crippen LogP contribution < -0.4 is 20.1 Å². The van der Waals surface area contributed by atoms with E-state index in [0.717, 1.165) is 46.8 Å². The summed E-state index contributed by atoms with van der Waals surface area (Å²) in [6.07, 6.45) is 3.72. The van der Waals surface area contributed by atoms with Crippen molar-refractivity contribution in [3.63, 3.8) is 0 Å². The van der Waals surface area contributed by atoms with E-state index in [2.05, 4.69) is 31.0 Å². The Hall–Kier alpha value is -3.90. The van der Waals surface area contributed by atoms with Crippen LogP contribution in [0.2, 0.25) is 0 Å². The lowest BCUT2D eigenvalue weighted by Crippen LogP contribution is -2.15. The first-order chi connectivity index (χ1) is 18.6. The number of rotatable bonds is 0. The predicted molar refractivity (Wildman–Crippen MR) is 145 cm³/mol. The number of amides is 2. The number of aryl methyl sites for hydroxylation is 2. The number of ether oxygens (including phenoxy) is 2. The third kappa shape index (κ3) is 7.56. The van der Waals surface area contributed by atoms with Gasteiger partial charge in [0.15, 0.2) is 0 Å². The summed E-state index contributed by atoms with van der Waals surface area (Å²) >= 11 is 2.77. The number of benzene rings is 2. The molecule has 10 nitrogen and oxygen atoms in total. The first-order valence-electron chi connectivity index (χ1n) is 12.3. The second kappa shape index (κ2) is 12.6. The summed E-state index contributed by atoms with van der Waals surface area (Å²) in [6, 6.07) is 14.8. The molecule has 1 aliphatic rings. The van der Waals surface area contributed by atoms with E-state index in [4.69, 9.17) is 9.47 Å². The Labute approximate surface area is 227 Å². The van der Waals surface area contributed by atoms with Gasteiger partial charge in [0.2, 0.25) is 22.1 Å². The van der Waals surface area contributed by atoms with Gasteiger partial charge in [-0.15, -0.1) is 20.4 Å². The van der Waals surface area contributed by atoms with Gasteiger partial charge < -0.3 is 20.1 Å². The minimum absolute atomic E-state index is 0.159. The molecular formula is C26H26N6O4S2. The van der Waals surface area contributed by atoms with E-state index in [1.165, 1.54) is 22.7 Å². The summed E-state index contributed by atoms with van der Waals surface area (Å²) in [5.74, 6) is 0.995. The van der Waals surface area contributed by atoms with Crippen molar-refractivity contribution in [1.29, 1.82) is 0 Å². The monoisotopic (exact) mass is 550 g/mol. The molecule has 0 radical (unpaired) electrons. The number of carbonyl (C=O) groups excluding carboxylic acids is 2. The van der Waals surface area contributed by atoms with Crippen LogP contribution in [0.1, 0.15) is 34.0 Å². The maximum absolute atomic E-state index is 12.5. The molecular weight excluding hydrogens is 524 g/mol. The summed E-state index contributed by atoms with van der Waals surface area (Å²) in [6.45, 7) is 0.653. The number of nitrogens with one attached hydrogen (secondary N) is 2. The molecule has 0 saturated carbocycles. The number of anilines is 2. The van der Waals surface area contributed by atoms with Crippen LogP contribution in [0, 0.1) is 0 Å². The Morgan fingerprint density at radius 3 is 1.61 bits per heavy atom. The first-order valence-corrected chi connectivity index (χ1v) is 13.9. The van der Waals surface area contributed by atoms with Crippen molar-refractivity contribution in [2.75, 3.05) is 23.8 Å². The molecule has 0 atom stereocenters. The molecule has 2 amide bonds. The first kappa shape index (κ1) is 25.7. The van der Waals surface area contributed by atoms with Crippen molar-refractivity contribution in [3.8, 4) is 11.5 Å².